The molecule has 0 bridgehead atoms. The molecule has 6 nitrogen and oxygen atoms in total. The molecule has 0 aromatic rings. The third-order valence-corrected chi connectivity index (χ3v) is 20.2. The smallest absolute Gasteiger partial charge is 0.305 e. The van der Waals surface area contributed by atoms with Crippen molar-refractivity contribution in [1.29, 1.82) is 0 Å². The van der Waals surface area contributed by atoms with E-state index in [2.05, 4.69) is 55.6 Å². The lowest BCUT2D eigenvalue weighted by Gasteiger charge is -2.22. The van der Waals surface area contributed by atoms with Crippen LogP contribution in [0.1, 0.15) is 483 Å². The van der Waals surface area contributed by atoms with Gasteiger partial charge in [0.15, 0.2) is 0 Å². The summed E-state index contributed by atoms with van der Waals surface area (Å²) in [5.41, 5.74) is 0. The van der Waals surface area contributed by atoms with Gasteiger partial charge < -0.3 is 20.3 Å². The van der Waals surface area contributed by atoms with Gasteiger partial charge in [0.1, 0.15) is 0 Å². The minimum Gasteiger partial charge on any atom is -0.466 e. The Balaban J connectivity index is 3.34. The summed E-state index contributed by atoms with van der Waals surface area (Å²) in [7, 11) is 0. The highest BCUT2D eigenvalue weighted by Gasteiger charge is 2.20. The Morgan fingerprint density at radius 2 is 0.538 bits per heavy atom. The molecule has 550 valence electrons. The first-order valence-corrected chi connectivity index (χ1v) is 42.7. The molecule has 0 heterocycles. The maximum absolute atomic E-state index is 12.6. The normalized spacial score (nSPS) is 12.6. The summed E-state index contributed by atoms with van der Waals surface area (Å²) < 4.78 is 5.51. The van der Waals surface area contributed by atoms with Crippen molar-refractivity contribution in [3.05, 3.63) is 36.5 Å². The molecule has 0 aliphatic carbocycles. The highest BCUT2D eigenvalue weighted by Crippen LogP contribution is 2.21. The van der Waals surface area contributed by atoms with Crippen LogP contribution in [0.2, 0.25) is 0 Å². The van der Waals surface area contributed by atoms with E-state index in [-0.39, 0.29) is 18.5 Å². The van der Waals surface area contributed by atoms with Crippen molar-refractivity contribution in [3.8, 4) is 0 Å². The Bertz CT molecular complexity index is 1510. The number of aliphatic hydroxyl groups excluding tert-OH is 2. The van der Waals surface area contributed by atoms with Gasteiger partial charge in [0.25, 0.3) is 0 Å². The van der Waals surface area contributed by atoms with E-state index < -0.39 is 12.1 Å². The molecule has 0 aliphatic heterocycles. The quantitative estimate of drug-likeness (QED) is 0.0320. The standard InChI is InChI=1S/C87H167NO5/c1-3-5-7-9-11-13-15-17-19-21-22-23-24-38-41-44-48-51-55-59-63-67-71-75-79-85(90)84(83-89)88-86(91)80-76-72-68-64-60-56-52-49-45-42-39-36-34-32-30-28-26-25-27-29-31-33-35-37-40-43-46-50-54-58-62-66-70-74-78-82-93-87(92)81-77-73-69-65-61-57-53-47-20-18-16-14-12-10-8-6-4-2/h12,14,18,20,27,29,84-85,89-90H,3-11,13,15-17,19,21-26,28,30-83H2,1-2H3,(H,88,91)/b14-12-,20-18-,29-27-. The van der Waals surface area contributed by atoms with Crippen molar-refractivity contribution >= 4 is 11.9 Å². The first-order chi connectivity index (χ1) is 46.0. The number of carbonyl (C=O) groups is 2. The van der Waals surface area contributed by atoms with Crippen LogP contribution in [0.25, 0.3) is 0 Å². The number of carbonyl (C=O) groups excluding carboxylic acids is 2. The van der Waals surface area contributed by atoms with Gasteiger partial charge in [-0.25, -0.2) is 0 Å². The Morgan fingerprint density at radius 3 is 0.849 bits per heavy atom. The van der Waals surface area contributed by atoms with Crippen molar-refractivity contribution in [1.82, 2.24) is 5.32 Å². The molecule has 1 amide bonds. The largest absolute Gasteiger partial charge is 0.466 e. The average Bonchev–Trinajstić information content (AvgIpc) is 3.78. The van der Waals surface area contributed by atoms with Crippen molar-refractivity contribution in [2.45, 2.75) is 495 Å². The second-order valence-corrected chi connectivity index (χ2v) is 29.5. The molecule has 0 saturated carbocycles. The topological polar surface area (TPSA) is 95.9 Å². The average molecular weight is 1310 g/mol. The summed E-state index contributed by atoms with van der Waals surface area (Å²) in [5, 5.41) is 23.5. The predicted molar refractivity (Wildman–Crippen MR) is 412 cm³/mol. The van der Waals surface area contributed by atoms with Gasteiger partial charge in [-0.05, 0) is 83.5 Å². The van der Waals surface area contributed by atoms with Crippen LogP contribution in [0.3, 0.4) is 0 Å². The number of amides is 1. The Labute approximate surface area is 583 Å². The molecule has 0 aliphatic rings. The van der Waals surface area contributed by atoms with Gasteiger partial charge in [-0.3, -0.25) is 9.59 Å². The lowest BCUT2D eigenvalue weighted by Crippen LogP contribution is -2.45. The maximum atomic E-state index is 12.6. The molecule has 0 rings (SSSR count). The van der Waals surface area contributed by atoms with E-state index in [4.69, 9.17) is 4.74 Å². The monoisotopic (exact) mass is 1310 g/mol. The molecule has 93 heavy (non-hydrogen) atoms. The zero-order chi connectivity index (χ0) is 67.0. The SMILES string of the molecule is CCCCC/C=C\C/C=C\CCCCCCCCCC(=O)OCCCCCCCCCCCCCCCC/C=C\CCCCCCCCCCCCCCCCCCCC(=O)NC(CO)C(O)CCCCCCCCCCCCCCCCCCCCCCCCCC. The maximum Gasteiger partial charge on any atom is 0.305 e. The Kier molecular flexibility index (Phi) is 80.8. The van der Waals surface area contributed by atoms with Gasteiger partial charge in [-0.1, -0.05) is 423 Å². The van der Waals surface area contributed by atoms with E-state index in [0.717, 1.165) is 51.4 Å². The van der Waals surface area contributed by atoms with Gasteiger partial charge in [-0.15, -0.1) is 0 Å². The second-order valence-electron chi connectivity index (χ2n) is 29.5. The number of rotatable bonds is 81. The summed E-state index contributed by atoms with van der Waals surface area (Å²) in [4.78, 5) is 24.7. The number of unbranched alkanes of at least 4 members (excludes halogenated alkanes) is 64. The van der Waals surface area contributed by atoms with Crippen LogP contribution in [0, 0.1) is 0 Å². The summed E-state index contributed by atoms with van der Waals surface area (Å²) in [6, 6.07) is -0.540. The molecule has 0 aromatic carbocycles. The van der Waals surface area contributed by atoms with Crippen molar-refractivity contribution in [3.63, 3.8) is 0 Å². The molecular weight excluding hydrogens is 1140 g/mol. The van der Waals surface area contributed by atoms with E-state index in [0.29, 0.717) is 25.9 Å². The number of hydrogen-bond donors (Lipinski definition) is 3. The zero-order valence-corrected chi connectivity index (χ0v) is 63.3. The third-order valence-electron chi connectivity index (χ3n) is 20.2. The molecular formula is C87H167NO5. The van der Waals surface area contributed by atoms with Crippen LogP contribution in [0.4, 0.5) is 0 Å². The molecule has 2 atom stereocenters. The van der Waals surface area contributed by atoms with Gasteiger partial charge in [0.2, 0.25) is 5.91 Å². The fraction of sp³-hybridized carbons (Fsp3) is 0.908. The van der Waals surface area contributed by atoms with Crippen LogP contribution in [-0.4, -0.2) is 47.4 Å². The van der Waals surface area contributed by atoms with Gasteiger partial charge in [0, 0.05) is 12.8 Å². The summed E-state index contributed by atoms with van der Waals surface area (Å²) in [5.74, 6) is -0.0121. The summed E-state index contributed by atoms with van der Waals surface area (Å²) >= 11 is 0. The number of aliphatic hydroxyl groups is 2. The van der Waals surface area contributed by atoms with E-state index in [1.807, 2.05) is 0 Å². The van der Waals surface area contributed by atoms with E-state index in [9.17, 15) is 19.8 Å². The first-order valence-electron chi connectivity index (χ1n) is 42.7. The van der Waals surface area contributed by atoms with Crippen LogP contribution in [-0.2, 0) is 14.3 Å². The van der Waals surface area contributed by atoms with Gasteiger partial charge >= 0.3 is 5.97 Å². The molecule has 2 unspecified atom stereocenters. The first kappa shape index (κ1) is 91.1. The van der Waals surface area contributed by atoms with E-state index >= 15 is 0 Å². The minimum atomic E-state index is -0.664. The molecule has 0 saturated heterocycles. The fourth-order valence-corrected chi connectivity index (χ4v) is 13.7. The number of hydrogen-bond acceptors (Lipinski definition) is 5. The Hall–Kier alpha value is -1.92. The molecule has 6 heteroatoms. The summed E-state index contributed by atoms with van der Waals surface area (Å²) in [6.45, 7) is 4.98. The van der Waals surface area contributed by atoms with Crippen LogP contribution in [0.5, 0.6) is 0 Å². The minimum absolute atomic E-state index is 0.0133. The third kappa shape index (κ3) is 79.0. The number of ether oxygens (including phenoxy) is 1. The molecule has 0 fully saturated rings. The lowest BCUT2D eigenvalue weighted by atomic mass is 10.0. The highest BCUT2D eigenvalue weighted by molar-refractivity contribution is 5.76. The zero-order valence-electron chi connectivity index (χ0n) is 63.3. The molecule has 0 aromatic heterocycles. The van der Waals surface area contributed by atoms with Crippen molar-refractivity contribution < 1.29 is 24.5 Å². The van der Waals surface area contributed by atoms with E-state index in [1.165, 1.54) is 398 Å². The highest BCUT2D eigenvalue weighted by atomic mass is 16.5. The molecule has 3 N–H and O–H groups in total. The Morgan fingerprint density at radius 1 is 0.301 bits per heavy atom. The number of esters is 1. The lowest BCUT2D eigenvalue weighted by molar-refractivity contribution is -0.143. The van der Waals surface area contributed by atoms with Crippen LogP contribution >= 0.6 is 0 Å². The fourth-order valence-electron chi connectivity index (χ4n) is 13.7. The van der Waals surface area contributed by atoms with Crippen molar-refractivity contribution in [2.75, 3.05) is 13.2 Å². The predicted octanol–water partition coefficient (Wildman–Crippen LogP) is 28.6. The van der Waals surface area contributed by atoms with Gasteiger partial charge in [0.05, 0.1) is 25.4 Å². The van der Waals surface area contributed by atoms with Crippen LogP contribution < -0.4 is 5.32 Å². The van der Waals surface area contributed by atoms with Crippen LogP contribution in [0.15, 0.2) is 36.5 Å². The molecule has 0 spiro atoms. The van der Waals surface area contributed by atoms with Gasteiger partial charge in [-0.2, -0.15) is 0 Å². The molecule has 0 radical (unpaired) electrons. The van der Waals surface area contributed by atoms with Crippen molar-refractivity contribution in [2.24, 2.45) is 0 Å². The van der Waals surface area contributed by atoms with E-state index in [1.54, 1.807) is 0 Å². The number of nitrogens with one attached hydrogen (secondary N) is 1. The second kappa shape index (κ2) is 82.5. The summed E-state index contributed by atoms with van der Waals surface area (Å²) in [6.07, 6.45) is 108. The number of allylic oxidation sites excluding steroid dienone is 6.